The van der Waals surface area contributed by atoms with Crippen molar-refractivity contribution in [3.05, 3.63) is 64.6 Å². The molecule has 0 radical (unpaired) electrons. The zero-order valence-electron chi connectivity index (χ0n) is 17.3. The summed E-state index contributed by atoms with van der Waals surface area (Å²) in [5, 5.41) is 11.4. The van der Waals surface area contributed by atoms with Gasteiger partial charge in [0.2, 0.25) is 0 Å². The number of carbonyl (C=O) groups is 1. The molecule has 0 bridgehead atoms. The standard InChI is InChI=1S/C22H23F2N5O2/c1-13-9-19(31-12-16-17(23)6-3-7-18(16)24)21-28-14(2)20(29(21)11-13)22(30)27-10-15(26)5-4-8-25/h3,6-7,9,11,15H,4-5,10,12,26H2,1-2H3,(H,27,30). The number of carbonyl (C=O) groups excluding carboxylic acids is 1. The molecule has 1 atom stereocenters. The number of fused-ring (bicyclic) bond motifs is 1. The summed E-state index contributed by atoms with van der Waals surface area (Å²) >= 11 is 0. The number of hydrogen-bond acceptors (Lipinski definition) is 5. The van der Waals surface area contributed by atoms with Crippen LogP contribution in [-0.2, 0) is 6.61 Å². The number of rotatable bonds is 8. The highest BCUT2D eigenvalue weighted by Gasteiger charge is 2.20. The number of nitrogens with zero attached hydrogens (tertiary/aromatic N) is 3. The predicted molar refractivity (Wildman–Crippen MR) is 111 cm³/mol. The third-order valence-corrected chi connectivity index (χ3v) is 4.80. The molecule has 0 saturated heterocycles. The quantitative estimate of drug-likeness (QED) is 0.574. The highest BCUT2D eigenvalue weighted by molar-refractivity contribution is 5.95. The van der Waals surface area contributed by atoms with Gasteiger partial charge in [0.05, 0.1) is 17.3 Å². The summed E-state index contributed by atoms with van der Waals surface area (Å²) in [4.78, 5) is 17.2. The molecule has 31 heavy (non-hydrogen) atoms. The molecule has 0 aliphatic rings. The van der Waals surface area contributed by atoms with Gasteiger partial charge in [-0.05, 0) is 44.0 Å². The summed E-state index contributed by atoms with van der Waals surface area (Å²) in [5.41, 5.74) is 7.64. The Morgan fingerprint density at radius 1 is 1.35 bits per heavy atom. The maximum absolute atomic E-state index is 13.9. The van der Waals surface area contributed by atoms with Crippen LogP contribution < -0.4 is 15.8 Å². The first-order valence-corrected chi connectivity index (χ1v) is 9.77. The predicted octanol–water partition coefficient (Wildman–Crippen LogP) is 3.17. The van der Waals surface area contributed by atoms with Crippen LogP contribution in [0.15, 0.2) is 30.5 Å². The molecule has 2 aromatic heterocycles. The van der Waals surface area contributed by atoms with E-state index in [1.807, 2.05) is 13.0 Å². The van der Waals surface area contributed by atoms with Crippen molar-refractivity contribution in [1.82, 2.24) is 14.7 Å². The minimum absolute atomic E-state index is 0.185. The molecule has 3 rings (SSSR count). The van der Waals surface area contributed by atoms with E-state index in [2.05, 4.69) is 10.3 Å². The molecule has 7 nitrogen and oxygen atoms in total. The molecule has 3 N–H and O–H groups in total. The van der Waals surface area contributed by atoms with Crippen LogP contribution in [0.5, 0.6) is 5.75 Å². The number of nitriles is 1. The molecule has 0 aliphatic carbocycles. The molecule has 9 heteroatoms. The number of nitrogens with one attached hydrogen (secondary N) is 1. The Balaban J connectivity index is 1.86. The lowest BCUT2D eigenvalue weighted by Gasteiger charge is -2.13. The van der Waals surface area contributed by atoms with E-state index in [1.54, 1.807) is 23.6 Å². The zero-order chi connectivity index (χ0) is 22.5. The summed E-state index contributed by atoms with van der Waals surface area (Å²) in [5.74, 6) is -1.46. The second-order valence-corrected chi connectivity index (χ2v) is 7.28. The Labute approximate surface area is 178 Å². The minimum Gasteiger partial charge on any atom is -0.485 e. The molecule has 1 unspecified atom stereocenters. The largest absolute Gasteiger partial charge is 0.485 e. The van der Waals surface area contributed by atoms with E-state index in [0.717, 1.165) is 17.7 Å². The fourth-order valence-electron chi connectivity index (χ4n) is 3.22. The van der Waals surface area contributed by atoms with E-state index in [1.165, 1.54) is 6.07 Å². The molecule has 2 heterocycles. The normalized spacial score (nSPS) is 11.9. The lowest BCUT2D eigenvalue weighted by atomic mass is 10.2. The summed E-state index contributed by atoms with van der Waals surface area (Å²) in [6, 6.07) is 7.00. The number of amides is 1. The lowest BCUT2D eigenvalue weighted by molar-refractivity contribution is 0.0944. The van der Waals surface area contributed by atoms with Gasteiger partial charge in [-0.2, -0.15) is 5.26 Å². The molecule has 1 amide bonds. The van der Waals surface area contributed by atoms with E-state index in [4.69, 9.17) is 15.7 Å². The number of hydrogen-bond donors (Lipinski definition) is 2. The summed E-state index contributed by atoms with van der Waals surface area (Å²) in [6.45, 7) is 3.39. The fraction of sp³-hybridized carbons (Fsp3) is 0.318. The topological polar surface area (TPSA) is 105 Å². The number of ether oxygens (including phenoxy) is 1. The second kappa shape index (κ2) is 9.53. The van der Waals surface area contributed by atoms with Gasteiger partial charge in [0.1, 0.15) is 23.9 Å². The Kier molecular flexibility index (Phi) is 6.82. The number of nitrogens with two attached hydrogens (primary N) is 1. The van der Waals surface area contributed by atoms with Crippen LogP contribution in [0.4, 0.5) is 8.78 Å². The Bertz CT molecular complexity index is 1130. The van der Waals surface area contributed by atoms with Crippen molar-refractivity contribution in [1.29, 1.82) is 5.26 Å². The average molecular weight is 427 g/mol. The zero-order valence-corrected chi connectivity index (χ0v) is 17.3. The van der Waals surface area contributed by atoms with Crippen molar-refractivity contribution >= 4 is 11.6 Å². The van der Waals surface area contributed by atoms with E-state index >= 15 is 0 Å². The minimum atomic E-state index is -0.698. The molecular weight excluding hydrogens is 404 g/mol. The van der Waals surface area contributed by atoms with Gasteiger partial charge in [-0.25, -0.2) is 13.8 Å². The van der Waals surface area contributed by atoms with Gasteiger partial charge in [0, 0.05) is 25.2 Å². The summed E-state index contributed by atoms with van der Waals surface area (Å²) in [7, 11) is 0. The Hall–Kier alpha value is -3.51. The molecule has 3 aromatic rings. The molecule has 0 fully saturated rings. The summed E-state index contributed by atoms with van der Waals surface area (Å²) < 4.78 is 35.1. The maximum atomic E-state index is 13.9. The summed E-state index contributed by atoms with van der Waals surface area (Å²) in [6.07, 6.45) is 2.52. The average Bonchev–Trinajstić information content (AvgIpc) is 3.05. The van der Waals surface area contributed by atoms with Crippen LogP contribution in [0.25, 0.3) is 5.65 Å². The van der Waals surface area contributed by atoms with E-state index < -0.39 is 11.6 Å². The highest BCUT2D eigenvalue weighted by atomic mass is 19.1. The first-order chi connectivity index (χ1) is 14.8. The van der Waals surface area contributed by atoms with Crippen LogP contribution in [0.3, 0.4) is 0 Å². The van der Waals surface area contributed by atoms with Crippen LogP contribution in [0, 0.1) is 36.8 Å². The SMILES string of the molecule is Cc1cc(OCc2c(F)cccc2F)c2nc(C)c(C(=O)NCC(N)CCC#N)n2c1. The van der Waals surface area contributed by atoms with Crippen molar-refractivity contribution in [3.63, 3.8) is 0 Å². The fourth-order valence-corrected chi connectivity index (χ4v) is 3.22. The van der Waals surface area contributed by atoms with Gasteiger partial charge in [-0.1, -0.05) is 6.07 Å². The second-order valence-electron chi connectivity index (χ2n) is 7.28. The number of imidazole rings is 1. The third kappa shape index (κ3) is 4.98. The van der Waals surface area contributed by atoms with Crippen LogP contribution in [0.1, 0.15) is 40.2 Å². The molecular formula is C22H23F2N5O2. The van der Waals surface area contributed by atoms with E-state index in [-0.39, 0.29) is 30.7 Å². The molecule has 0 aliphatic heterocycles. The van der Waals surface area contributed by atoms with E-state index in [9.17, 15) is 13.6 Å². The van der Waals surface area contributed by atoms with Crippen molar-refractivity contribution in [2.24, 2.45) is 5.73 Å². The molecule has 0 saturated carbocycles. The Morgan fingerprint density at radius 3 is 2.74 bits per heavy atom. The van der Waals surface area contributed by atoms with Gasteiger partial charge in [0.25, 0.3) is 5.91 Å². The van der Waals surface area contributed by atoms with Crippen molar-refractivity contribution < 1.29 is 18.3 Å². The maximum Gasteiger partial charge on any atom is 0.270 e. The number of benzene rings is 1. The molecule has 0 spiro atoms. The number of aryl methyl sites for hydroxylation is 2. The number of pyridine rings is 1. The van der Waals surface area contributed by atoms with Crippen molar-refractivity contribution in [2.75, 3.05) is 6.54 Å². The molecule has 1 aromatic carbocycles. The highest BCUT2D eigenvalue weighted by Crippen LogP contribution is 2.26. The van der Waals surface area contributed by atoms with Gasteiger partial charge >= 0.3 is 0 Å². The van der Waals surface area contributed by atoms with Gasteiger partial charge < -0.3 is 15.8 Å². The first kappa shape index (κ1) is 22.2. The first-order valence-electron chi connectivity index (χ1n) is 9.77. The number of aromatic nitrogens is 2. The van der Waals surface area contributed by atoms with Crippen molar-refractivity contribution in [2.45, 2.75) is 39.3 Å². The lowest BCUT2D eigenvalue weighted by Crippen LogP contribution is -2.37. The van der Waals surface area contributed by atoms with E-state index in [0.29, 0.717) is 35.6 Å². The van der Waals surface area contributed by atoms with Gasteiger partial charge in [-0.15, -0.1) is 0 Å². The van der Waals surface area contributed by atoms with Crippen LogP contribution in [0.2, 0.25) is 0 Å². The van der Waals surface area contributed by atoms with Gasteiger partial charge in [0.15, 0.2) is 11.4 Å². The van der Waals surface area contributed by atoms with Crippen LogP contribution >= 0.6 is 0 Å². The third-order valence-electron chi connectivity index (χ3n) is 4.80. The smallest absolute Gasteiger partial charge is 0.270 e. The Morgan fingerprint density at radius 2 is 2.06 bits per heavy atom. The van der Waals surface area contributed by atoms with Crippen molar-refractivity contribution in [3.8, 4) is 11.8 Å². The number of halogens is 2. The monoisotopic (exact) mass is 427 g/mol. The van der Waals surface area contributed by atoms with Crippen LogP contribution in [-0.4, -0.2) is 27.9 Å². The van der Waals surface area contributed by atoms with Gasteiger partial charge in [-0.3, -0.25) is 9.20 Å². The molecule has 162 valence electrons.